The molecule has 0 amide bonds. The van der Waals surface area contributed by atoms with Crippen LogP contribution in [0.1, 0.15) is 18.1 Å². The monoisotopic (exact) mass is 162 g/mol. The first-order valence-electron chi connectivity index (χ1n) is 4.02. The van der Waals surface area contributed by atoms with E-state index in [0.29, 0.717) is 0 Å². The van der Waals surface area contributed by atoms with Crippen molar-refractivity contribution in [2.24, 2.45) is 5.10 Å². The second kappa shape index (κ2) is 3.90. The molecule has 0 bridgehead atoms. The highest BCUT2D eigenvalue weighted by atomic mass is 15.3. The third-order valence-electron chi connectivity index (χ3n) is 1.81. The van der Waals surface area contributed by atoms with E-state index >= 15 is 0 Å². The lowest BCUT2D eigenvalue weighted by molar-refractivity contribution is 0.899. The van der Waals surface area contributed by atoms with E-state index in [1.165, 1.54) is 11.1 Å². The van der Waals surface area contributed by atoms with Gasteiger partial charge in [-0.15, -0.1) is 0 Å². The maximum absolute atomic E-state index is 4.12. The molecule has 0 spiro atoms. The Morgan fingerprint density at radius 1 is 1.33 bits per heavy atom. The Bertz CT molecular complexity index is 290. The van der Waals surface area contributed by atoms with Crippen LogP contribution < -0.4 is 5.43 Å². The molecule has 0 heterocycles. The quantitative estimate of drug-likeness (QED) is 0.521. The first-order valence-corrected chi connectivity index (χ1v) is 4.02. The van der Waals surface area contributed by atoms with E-state index < -0.39 is 0 Å². The molecule has 0 atom stereocenters. The van der Waals surface area contributed by atoms with Gasteiger partial charge in [-0.2, -0.15) is 5.10 Å². The maximum Gasteiger partial charge on any atom is 0.0646 e. The Labute approximate surface area is 73.3 Å². The van der Waals surface area contributed by atoms with Crippen molar-refractivity contribution in [1.82, 2.24) is 5.43 Å². The van der Waals surface area contributed by atoms with Gasteiger partial charge in [0.2, 0.25) is 0 Å². The third kappa shape index (κ3) is 1.84. The summed E-state index contributed by atoms with van der Waals surface area (Å²) in [4.78, 5) is 0. The Balaban J connectivity index is 3.02. The van der Waals surface area contributed by atoms with Gasteiger partial charge in [0.1, 0.15) is 0 Å². The summed E-state index contributed by atoms with van der Waals surface area (Å²) in [6, 6.07) is 8.22. The van der Waals surface area contributed by atoms with Crippen molar-refractivity contribution < 1.29 is 0 Å². The molecule has 0 saturated carbocycles. The van der Waals surface area contributed by atoms with Crippen molar-refractivity contribution >= 4 is 5.71 Å². The topological polar surface area (TPSA) is 24.4 Å². The zero-order valence-electron chi connectivity index (χ0n) is 7.76. The molecule has 0 aromatic heterocycles. The van der Waals surface area contributed by atoms with Gasteiger partial charge in [0.15, 0.2) is 0 Å². The number of hydrogen-bond acceptors (Lipinski definition) is 2. The van der Waals surface area contributed by atoms with Gasteiger partial charge in [-0.3, -0.25) is 0 Å². The zero-order valence-corrected chi connectivity index (χ0v) is 7.76. The molecule has 12 heavy (non-hydrogen) atoms. The molecular weight excluding hydrogens is 148 g/mol. The maximum atomic E-state index is 4.12. The van der Waals surface area contributed by atoms with Crippen molar-refractivity contribution in [2.45, 2.75) is 13.8 Å². The lowest BCUT2D eigenvalue weighted by Crippen LogP contribution is -2.04. The number of aryl methyl sites for hydroxylation is 1. The Morgan fingerprint density at radius 3 is 2.58 bits per heavy atom. The van der Waals surface area contributed by atoms with Gasteiger partial charge in [0.25, 0.3) is 0 Å². The average molecular weight is 162 g/mol. The van der Waals surface area contributed by atoms with Gasteiger partial charge in [-0.05, 0) is 19.4 Å². The van der Waals surface area contributed by atoms with Crippen molar-refractivity contribution in [3.05, 3.63) is 35.4 Å². The van der Waals surface area contributed by atoms with Gasteiger partial charge < -0.3 is 5.43 Å². The second-order valence-corrected chi connectivity index (χ2v) is 2.74. The van der Waals surface area contributed by atoms with Crippen LogP contribution in [0.3, 0.4) is 0 Å². The van der Waals surface area contributed by atoms with Crippen LogP contribution in [0.2, 0.25) is 0 Å². The lowest BCUT2D eigenvalue weighted by Gasteiger charge is -2.03. The van der Waals surface area contributed by atoms with E-state index in [1.54, 1.807) is 0 Å². The van der Waals surface area contributed by atoms with E-state index in [2.05, 4.69) is 29.6 Å². The molecule has 0 fully saturated rings. The van der Waals surface area contributed by atoms with Gasteiger partial charge in [0.05, 0.1) is 5.71 Å². The van der Waals surface area contributed by atoms with Crippen LogP contribution in [-0.2, 0) is 0 Å². The summed E-state index contributed by atoms with van der Waals surface area (Å²) >= 11 is 0. The second-order valence-electron chi connectivity index (χ2n) is 2.74. The molecule has 1 aromatic carbocycles. The van der Waals surface area contributed by atoms with Crippen LogP contribution in [0.15, 0.2) is 29.4 Å². The van der Waals surface area contributed by atoms with Gasteiger partial charge in [0, 0.05) is 12.6 Å². The SMILES string of the molecule is CNN=C(C)c1ccccc1C. The minimum atomic E-state index is 1.02. The molecule has 0 saturated heterocycles. The van der Waals surface area contributed by atoms with Gasteiger partial charge in [-0.1, -0.05) is 24.3 Å². The van der Waals surface area contributed by atoms with Gasteiger partial charge >= 0.3 is 0 Å². The molecule has 1 aromatic rings. The first kappa shape index (κ1) is 8.78. The molecule has 64 valence electrons. The predicted octanol–water partition coefficient (Wildman–Crippen LogP) is 1.94. The van der Waals surface area contributed by atoms with Crippen LogP contribution in [0.5, 0.6) is 0 Å². The molecule has 0 radical (unpaired) electrons. The molecule has 0 aliphatic heterocycles. The summed E-state index contributed by atoms with van der Waals surface area (Å²) in [7, 11) is 1.81. The molecule has 1 rings (SSSR count). The number of nitrogens with one attached hydrogen (secondary N) is 1. The minimum absolute atomic E-state index is 1.02. The highest BCUT2D eigenvalue weighted by Gasteiger charge is 1.98. The number of hydrazone groups is 1. The summed E-state index contributed by atoms with van der Waals surface area (Å²) in [6.45, 7) is 4.09. The van der Waals surface area contributed by atoms with Crippen molar-refractivity contribution in [3.63, 3.8) is 0 Å². The number of rotatable bonds is 2. The third-order valence-corrected chi connectivity index (χ3v) is 1.81. The Morgan fingerprint density at radius 2 is 2.00 bits per heavy atom. The molecule has 2 nitrogen and oxygen atoms in total. The average Bonchev–Trinajstić information content (AvgIpc) is 2.05. The standard InChI is InChI=1S/C10H14N2/c1-8-6-4-5-7-10(8)9(2)12-11-3/h4-7,11H,1-3H3. The van der Waals surface area contributed by atoms with Crippen LogP contribution in [-0.4, -0.2) is 12.8 Å². The van der Waals surface area contributed by atoms with Crippen molar-refractivity contribution in [1.29, 1.82) is 0 Å². The largest absolute Gasteiger partial charge is 0.313 e. The van der Waals surface area contributed by atoms with Crippen molar-refractivity contribution in [3.8, 4) is 0 Å². The fourth-order valence-corrected chi connectivity index (χ4v) is 1.21. The van der Waals surface area contributed by atoms with Crippen LogP contribution >= 0.6 is 0 Å². The smallest absolute Gasteiger partial charge is 0.0646 e. The highest BCUT2D eigenvalue weighted by molar-refractivity contribution is 5.99. The Hall–Kier alpha value is -1.31. The van der Waals surface area contributed by atoms with E-state index in [4.69, 9.17) is 0 Å². The molecule has 0 unspecified atom stereocenters. The van der Waals surface area contributed by atoms with E-state index in [9.17, 15) is 0 Å². The van der Waals surface area contributed by atoms with Crippen LogP contribution in [0.4, 0.5) is 0 Å². The lowest BCUT2D eigenvalue weighted by atomic mass is 10.1. The zero-order chi connectivity index (χ0) is 8.97. The number of hydrogen-bond donors (Lipinski definition) is 1. The fourth-order valence-electron chi connectivity index (χ4n) is 1.21. The van der Waals surface area contributed by atoms with Gasteiger partial charge in [-0.25, -0.2) is 0 Å². The summed E-state index contributed by atoms with van der Waals surface area (Å²) in [5, 5.41) is 4.12. The van der Waals surface area contributed by atoms with Crippen molar-refractivity contribution in [2.75, 3.05) is 7.05 Å². The fraction of sp³-hybridized carbons (Fsp3) is 0.300. The van der Waals surface area contributed by atoms with E-state index in [-0.39, 0.29) is 0 Å². The molecule has 2 heteroatoms. The minimum Gasteiger partial charge on any atom is -0.313 e. The van der Waals surface area contributed by atoms with E-state index in [1.807, 2.05) is 26.1 Å². The molecular formula is C10H14N2. The molecule has 0 aliphatic carbocycles. The van der Waals surface area contributed by atoms with Crippen LogP contribution in [0.25, 0.3) is 0 Å². The summed E-state index contributed by atoms with van der Waals surface area (Å²) in [5.41, 5.74) is 6.26. The highest BCUT2D eigenvalue weighted by Crippen LogP contribution is 2.07. The summed E-state index contributed by atoms with van der Waals surface area (Å²) in [6.07, 6.45) is 0. The van der Waals surface area contributed by atoms with E-state index in [0.717, 1.165) is 5.71 Å². The normalized spacial score (nSPS) is 11.4. The Kier molecular flexibility index (Phi) is 2.86. The number of benzene rings is 1. The summed E-state index contributed by atoms with van der Waals surface area (Å²) in [5.74, 6) is 0. The first-order chi connectivity index (χ1) is 5.75. The summed E-state index contributed by atoms with van der Waals surface area (Å²) < 4.78 is 0. The predicted molar refractivity (Wildman–Crippen MR) is 52.4 cm³/mol. The number of nitrogens with zero attached hydrogens (tertiary/aromatic N) is 1. The molecule has 1 N–H and O–H groups in total. The molecule has 0 aliphatic rings. The van der Waals surface area contributed by atoms with Crippen LogP contribution in [0, 0.1) is 6.92 Å².